The lowest BCUT2D eigenvalue weighted by Crippen LogP contribution is -2.60. The maximum Gasteiger partial charge on any atom is 0.253 e. The molecule has 7 nitrogen and oxygen atoms in total. The standard InChI is InChI=1S/C26H33ClN6O/c1-31-14-16-32(17-15-31)26(10-4-2-3-5-11-26)19-30-24(34)20-18-33(25-28-12-7-13-29-25)22-9-6-8-21(27)23(20)22/h6-9,12-13,18H,2-5,10-11,14-17,19H2,1H3,(H,30,34). The van der Waals surface area contributed by atoms with Crippen molar-refractivity contribution in [1.29, 1.82) is 0 Å². The topological polar surface area (TPSA) is 66.3 Å². The molecular weight excluding hydrogens is 448 g/mol. The summed E-state index contributed by atoms with van der Waals surface area (Å²) in [6.45, 7) is 4.94. The highest BCUT2D eigenvalue weighted by atomic mass is 35.5. The molecule has 1 aliphatic carbocycles. The summed E-state index contributed by atoms with van der Waals surface area (Å²) in [7, 11) is 2.19. The number of aromatic nitrogens is 3. The summed E-state index contributed by atoms with van der Waals surface area (Å²) in [5, 5.41) is 4.62. The van der Waals surface area contributed by atoms with Gasteiger partial charge in [0.25, 0.3) is 5.91 Å². The minimum atomic E-state index is -0.0921. The number of carbonyl (C=O) groups excluding carboxylic acids is 1. The van der Waals surface area contributed by atoms with Gasteiger partial charge in [-0.1, -0.05) is 43.4 Å². The van der Waals surface area contributed by atoms with Crippen LogP contribution in [0.5, 0.6) is 0 Å². The second kappa shape index (κ2) is 10.0. The van der Waals surface area contributed by atoms with Crippen molar-refractivity contribution in [1.82, 2.24) is 29.7 Å². The number of nitrogens with one attached hydrogen (secondary N) is 1. The second-order valence-corrected chi connectivity index (χ2v) is 10.1. The molecule has 2 fully saturated rings. The first-order valence-electron chi connectivity index (χ1n) is 12.4. The Balaban J connectivity index is 1.44. The molecule has 1 saturated carbocycles. The van der Waals surface area contributed by atoms with E-state index in [0.717, 1.165) is 49.9 Å². The predicted octanol–water partition coefficient (Wildman–Crippen LogP) is 4.14. The van der Waals surface area contributed by atoms with E-state index in [1.54, 1.807) is 18.5 Å². The lowest BCUT2D eigenvalue weighted by molar-refractivity contribution is 0.0276. The Morgan fingerprint density at radius 1 is 1.03 bits per heavy atom. The monoisotopic (exact) mass is 480 g/mol. The van der Waals surface area contributed by atoms with E-state index in [4.69, 9.17) is 11.6 Å². The lowest BCUT2D eigenvalue weighted by Gasteiger charge is -2.47. The third kappa shape index (κ3) is 4.57. The fourth-order valence-corrected chi connectivity index (χ4v) is 5.88. The zero-order chi connectivity index (χ0) is 23.5. The fourth-order valence-electron chi connectivity index (χ4n) is 5.61. The first-order chi connectivity index (χ1) is 16.6. The third-order valence-electron chi connectivity index (χ3n) is 7.58. The molecule has 1 amide bonds. The Bertz CT molecular complexity index is 1130. The normalized spacial score (nSPS) is 19.7. The Kier molecular flexibility index (Phi) is 6.86. The van der Waals surface area contributed by atoms with Gasteiger partial charge in [0.1, 0.15) is 0 Å². The molecule has 2 aliphatic rings. The number of fused-ring (bicyclic) bond motifs is 1. The Labute approximate surface area is 206 Å². The number of carbonyl (C=O) groups is 1. The van der Waals surface area contributed by atoms with Crippen LogP contribution in [0.2, 0.25) is 5.02 Å². The van der Waals surface area contributed by atoms with Crippen LogP contribution >= 0.6 is 11.6 Å². The zero-order valence-corrected chi connectivity index (χ0v) is 20.6. The van der Waals surface area contributed by atoms with E-state index in [9.17, 15) is 4.79 Å². The van der Waals surface area contributed by atoms with Crippen LogP contribution in [0, 0.1) is 0 Å². The molecular formula is C26H33ClN6O. The molecule has 0 unspecified atom stereocenters. The molecule has 5 rings (SSSR count). The smallest absolute Gasteiger partial charge is 0.253 e. The minimum absolute atomic E-state index is 0.0259. The number of amides is 1. The van der Waals surface area contributed by atoms with Crippen molar-refractivity contribution in [2.75, 3.05) is 39.8 Å². The molecule has 0 bridgehead atoms. The molecule has 1 aromatic carbocycles. The van der Waals surface area contributed by atoms with Gasteiger partial charge < -0.3 is 10.2 Å². The van der Waals surface area contributed by atoms with Crippen molar-refractivity contribution in [3.63, 3.8) is 0 Å². The van der Waals surface area contributed by atoms with E-state index in [2.05, 4.69) is 32.1 Å². The van der Waals surface area contributed by atoms with Crippen molar-refractivity contribution in [3.05, 3.63) is 53.4 Å². The second-order valence-electron chi connectivity index (χ2n) is 9.71. The van der Waals surface area contributed by atoms with Crippen LogP contribution in [-0.4, -0.2) is 75.6 Å². The van der Waals surface area contributed by atoms with Crippen LogP contribution < -0.4 is 5.32 Å². The number of benzene rings is 1. The van der Waals surface area contributed by atoms with E-state index in [0.29, 0.717) is 23.1 Å². The molecule has 180 valence electrons. The maximum absolute atomic E-state index is 13.6. The van der Waals surface area contributed by atoms with Crippen molar-refractivity contribution in [3.8, 4) is 5.95 Å². The molecule has 1 aliphatic heterocycles. The predicted molar refractivity (Wildman–Crippen MR) is 136 cm³/mol. The average molecular weight is 481 g/mol. The fraction of sp³-hybridized carbons (Fsp3) is 0.500. The van der Waals surface area contributed by atoms with Crippen LogP contribution in [0.1, 0.15) is 48.9 Å². The summed E-state index contributed by atoms with van der Waals surface area (Å²) in [5.41, 5.74) is 1.42. The Hall–Kier alpha value is -2.48. The van der Waals surface area contributed by atoms with Gasteiger partial charge in [-0.25, -0.2) is 9.97 Å². The zero-order valence-electron chi connectivity index (χ0n) is 19.8. The minimum Gasteiger partial charge on any atom is -0.350 e. The number of rotatable bonds is 5. The number of hydrogen-bond acceptors (Lipinski definition) is 5. The van der Waals surface area contributed by atoms with Crippen LogP contribution in [0.4, 0.5) is 0 Å². The molecule has 0 radical (unpaired) electrons. The lowest BCUT2D eigenvalue weighted by atomic mass is 9.87. The summed E-state index contributed by atoms with van der Waals surface area (Å²) in [6, 6.07) is 7.44. The summed E-state index contributed by atoms with van der Waals surface area (Å²) in [5.74, 6) is 0.428. The Morgan fingerprint density at radius 2 is 1.74 bits per heavy atom. The summed E-state index contributed by atoms with van der Waals surface area (Å²) < 4.78 is 1.85. The highest BCUT2D eigenvalue weighted by Gasteiger charge is 2.38. The first kappa shape index (κ1) is 23.3. The van der Waals surface area contributed by atoms with Gasteiger partial charge in [0.2, 0.25) is 5.95 Å². The van der Waals surface area contributed by atoms with Gasteiger partial charge in [-0.15, -0.1) is 0 Å². The number of likely N-dealkylation sites (N-methyl/N-ethyl adjacent to an activating group) is 1. The van der Waals surface area contributed by atoms with Crippen LogP contribution in [0.25, 0.3) is 16.9 Å². The average Bonchev–Trinajstić information content (AvgIpc) is 3.10. The van der Waals surface area contributed by atoms with E-state index in [-0.39, 0.29) is 11.4 Å². The van der Waals surface area contributed by atoms with Gasteiger partial charge in [-0.2, -0.15) is 0 Å². The van der Waals surface area contributed by atoms with Gasteiger partial charge in [-0.3, -0.25) is 14.3 Å². The highest BCUT2D eigenvalue weighted by Crippen LogP contribution is 2.34. The van der Waals surface area contributed by atoms with E-state index < -0.39 is 0 Å². The molecule has 1 N–H and O–H groups in total. The molecule has 3 heterocycles. The van der Waals surface area contributed by atoms with Crippen LogP contribution in [0.3, 0.4) is 0 Å². The van der Waals surface area contributed by atoms with E-state index in [1.807, 2.05) is 29.0 Å². The molecule has 1 saturated heterocycles. The van der Waals surface area contributed by atoms with Crippen molar-refractivity contribution >= 4 is 28.4 Å². The molecule has 0 spiro atoms. The molecule has 8 heteroatoms. The van der Waals surface area contributed by atoms with Gasteiger partial charge >= 0.3 is 0 Å². The molecule has 3 aromatic rings. The first-order valence-corrected chi connectivity index (χ1v) is 12.7. The van der Waals surface area contributed by atoms with Crippen LogP contribution in [-0.2, 0) is 0 Å². The van der Waals surface area contributed by atoms with Crippen molar-refractivity contribution in [2.45, 2.75) is 44.1 Å². The SMILES string of the molecule is CN1CCN(C2(CNC(=O)c3cn(-c4ncccn4)c4cccc(Cl)c34)CCCCCC2)CC1. The van der Waals surface area contributed by atoms with Gasteiger partial charge in [0.15, 0.2) is 0 Å². The quantitative estimate of drug-likeness (QED) is 0.556. The summed E-state index contributed by atoms with van der Waals surface area (Å²) in [4.78, 5) is 27.4. The van der Waals surface area contributed by atoms with Gasteiger partial charge in [0.05, 0.1) is 16.1 Å². The van der Waals surface area contributed by atoms with E-state index in [1.165, 1.54) is 25.7 Å². The number of nitrogens with zero attached hydrogens (tertiary/aromatic N) is 5. The van der Waals surface area contributed by atoms with Crippen LogP contribution in [0.15, 0.2) is 42.9 Å². The van der Waals surface area contributed by atoms with Gasteiger partial charge in [-0.05, 0) is 38.1 Å². The number of piperazine rings is 1. The van der Waals surface area contributed by atoms with Gasteiger partial charge in [0, 0.05) is 62.2 Å². The Morgan fingerprint density at radius 3 is 2.44 bits per heavy atom. The summed E-state index contributed by atoms with van der Waals surface area (Å²) in [6.07, 6.45) is 12.5. The maximum atomic E-state index is 13.6. The van der Waals surface area contributed by atoms with E-state index >= 15 is 0 Å². The third-order valence-corrected chi connectivity index (χ3v) is 7.89. The van der Waals surface area contributed by atoms with Crippen molar-refractivity contribution in [2.24, 2.45) is 0 Å². The van der Waals surface area contributed by atoms with Crippen molar-refractivity contribution < 1.29 is 4.79 Å². The molecule has 0 atom stereocenters. The highest BCUT2D eigenvalue weighted by molar-refractivity contribution is 6.37. The molecule has 34 heavy (non-hydrogen) atoms. The largest absolute Gasteiger partial charge is 0.350 e. The number of hydrogen-bond donors (Lipinski definition) is 1. The molecule has 2 aromatic heterocycles. The number of halogens is 1. The summed E-state index contributed by atoms with van der Waals surface area (Å²) >= 11 is 6.59.